The summed E-state index contributed by atoms with van der Waals surface area (Å²) >= 11 is 5.35. The molecule has 0 radical (unpaired) electrons. The van der Waals surface area contributed by atoms with Crippen LogP contribution < -0.4 is 10.6 Å². The van der Waals surface area contributed by atoms with Crippen molar-refractivity contribution in [2.75, 3.05) is 19.0 Å². The van der Waals surface area contributed by atoms with Crippen LogP contribution in [0.25, 0.3) is 0 Å². The highest BCUT2D eigenvalue weighted by atomic mass is 35.5. The predicted molar refractivity (Wildman–Crippen MR) is 56.3 cm³/mol. The first-order chi connectivity index (χ1) is 6.72. The predicted octanol–water partition coefficient (Wildman–Crippen LogP) is 0.648. The molecule has 0 aromatic carbocycles. The molecule has 0 saturated carbocycles. The molecular formula is C9H17ClN2O2. The van der Waals surface area contributed by atoms with Crippen LogP contribution in [0.4, 0.5) is 0 Å². The lowest BCUT2D eigenvalue weighted by Gasteiger charge is -2.04. The highest BCUT2D eigenvalue weighted by molar-refractivity contribution is 6.35. The number of hydrogen-bond acceptors (Lipinski definition) is 2. The third kappa shape index (κ3) is 6.71. The van der Waals surface area contributed by atoms with E-state index in [2.05, 4.69) is 17.6 Å². The lowest BCUT2D eigenvalue weighted by molar-refractivity contribution is -0.139. The smallest absolute Gasteiger partial charge is 0.309 e. The number of hydrogen-bond donors (Lipinski definition) is 2. The van der Waals surface area contributed by atoms with Crippen LogP contribution in [0.1, 0.15) is 26.2 Å². The highest BCUT2D eigenvalue weighted by Crippen LogP contribution is 1.90. The molecule has 0 aliphatic rings. The van der Waals surface area contributed by atoms with Gasteiger partial charge in [-0.2, -0.15) is 0 Å². The van der Waals surface area contributed by atoms with Gasteiger partial charge < -0.3 is 10.6 Å². The normalized spacial score (nSPS) is 9.57. The van der Waals surface area contributed by atoms with E-state index in [0.717, 1.165) is 19.3 Å². The molecule has 2 N–H and O–H groups in total. The van der Waals surface area contributed by atoms with Gasteiger partial charge >= 0.3 is 11.8 Å². The molecule has 0 spiro atoms. The van der Waals surface area contributed by atoms with Gasteiger partial charge in [0.25, 0.3) is 0 Å². The van der Waals surface area contributed by atoms with Crippen molar-refractivity contribution in [3.8, 4) is 0 Å². The van der Waals surface area contributed by atoms with Crippen molar-refractivity contribution in [2.45, 2.75) is 26.2 Å². The van der Waals surface area contributed by atoms with Crippen molar-refractivity contribution in [3.63, 3.8) is 0 Å². The number of carbonyl (C=O) groups excluding carboxylic acids is 2. The van der Waals surface area contributed by atoms with Gasteiger partial charge in [0.05, 0.1) is 0 Å². The number of carbonyl (C=O) groups is 2. The molecule has 82 valence electrons. The van der Waals surface area contributed by atoms with Crippen molar-refractivity contribution >= 4 is 23.4 Å². The molecule has 0 aromatic rings. The Morgan fingerprint density at radius 3 is 2.14 bits per heavy atom. The molecule has 0 rings (SSSR count). The molecule has 14 heavy (non-hydrogen) atoms. The Balaban J connectivity index is 3.47. The van der Waals surface area contributed by atoms with Crippen LogP contribution >= 0.6 is 11.6 Å². The Morgan fingerprint density at radius 2 is 1.64 bits per heavy atom. The van der Waals surface area contributed by atoms with Crippen LogP contribution in [0, 0.1) is 0 Å². The fraction of sp³-hybridized carbons (Fsp3) is 0.778. The second kappa shape index (κ2) is 8.81. The maximum atomic E-state index is 11.0. The van der Waals surface area contributed by atoms with E-state index >= 15 is 0 Å². The van der Waals surface area contributed by atoms with E-state index in [1.807, 2.05) is 0 Å². The molecule has 0 heterocycles. The quantitative estimate of drug-likeness (QED) is 0.392. The molecule has 2 amide bonds. The largest absolute Gasteiger partial charge is 0.348 e. The number of alkyl halides is 1. The molecule has 0 aliphatic heterocycles. The Labute approximate surface area is 89.4 Å². The van der Waals surface area contributed by atoms with E-state index in [1.54, 1.807) is 0 Å². The Hall–Kier alpha value is -0.770. The van der Waals surface area contributed by atoms with Crippen LogP contribution in [-0.4, -0.2) is 30.8 Å². The van der Waals surface area contributed by atoms with E-state index in [-0.39, 0.29) is 0 Å². The third-order valence-corrected chi connectivity index (χ3v) is 1.84. The van der Waals surface area contributed by atoms with E-state index in [0.29, 0.717) is 19.0 Å². The molecule has 4 nitrogen and oxygen atoms in total. The highest BCUT2D eigenvalue weighted by Gasteiger charge is 2.10. The summed E-state index contributed by atoms with van der Waals surface area (Å²) in [7, 11) is 0. The fourth-order valence-electron chi connectivity index (χ4n) is 0.898. The lowest BCUT2D eigenvalue weighted by Crippen LogP contribution is -2.40. The molecule has 0 saturated heterocycles. The zero-order valence-corrected chi connectivity index (χ0v) is 9.19. The molecule has 5 heteroatoms. The van der Waals surface area contributed by atoms with Gasteiger partial charge in [-0.05, 0) is 6.42 Å². The van der Waals surface area contributed by atoms with E-state index < -0.39 is 11.8 Å². The first kappa shape index (κ1) is 13.2. The number of rotatable bonds is 6. The Morgan fingerprint density at radius 1 is 1.07 bits per heavy atom. The maximum Gasteiger partial charge on any atom is 0.309 e. The average Bonchev–Trinajstić information content (AvgIpc) is 2.20. The summed E-state index contributed by atoms with van der Waals surface area (Å²) in [5.74, 6) is -0.872. The summed E-state index contributed by atoms with van der Waals surface area (Å²) in [5, 5.41) is 4.92. The van der Waals surface area contributed by atoms with Crippen molar-refractivity contribution in [1.29, 1.82) is 0 Å². The van der Waals surface area contributed by atoms with Gasteiger partial charge in [0.15, 0.2) is 0 Å². The second-order valence-electron chi connectivity index (χ2n) is 2.91. The van der Waals surface area contributed by atoms with Crippen molar-refractivity contribution < 1.29 is 9.59 Å². The van der Waals surface area contributed by atoms with Crippen LogP contribution in [0.5, 0.6) is 0 Å². The zero-order chi connectivity index (χ0) is 10.8. The van der Waals surface area contributed by atoms with E-state index in [9.17, 15) is 9.59 Å². The number of nitrogens with one attached hydrogen (secondary N) is 2. The summed E-state index contributed by atoms with van der Waals surface area (Å²) in [4.78, 5) is 22.0. The monoisotopic (exact) mass is 220 g/mol. The zero-order valence-electron chi connectivity index (χ0n) is 8.44. The molecular weight excluding hydrogens is 204 g/mol. The maximum absolute atomic E-state index is 11.0. The minimum Gasteiger partial charge on any atom is -0.348 e. The van der Waals surface area contributed by atoms with Crippen molar-refractivity contribution in [1.82, 2.24) is 10.6 Å². The van der Waals surface area contributed by atoms with Crippen LogP contribution in [-0.2, 0) is 9.59 Å². The summed E-state index contributed by atoms with van der Waals surface area (Å²) in [6, 6.07) is 0. The van der Waals surface area contributed by atoms with Crippen LogP contribution in [0.3, 0.4) is 0 Å². The van der Waals surface area contributed by atoms with Gasteiger partial charge in [-0.1, -0.05) is 19.8 Å². The first-order valence-electron chi connectivity index (χ1n) is 4.84. The summed E-state index contributed by atoms with van der Waals surface area (Å²) < 4.78 is 0. The summed E-state index contributed by atoms with van der Waals surface area (Å²) in [6.07, 6.45) is 3.06. The van der Waals surface area contributed by atoms with Gasteiger partial charge in [-0.3, -0.25) is 9.59 Å². The molecule has 0 aromatic heterocycles. The van der Waals surface area contributed by atoms with Gasteiger partial charge in [0, 0.05) is 19.0 Å². The number of unbranched alkanes of at least 4 members (excludes halogenated alkanes) is 2. The molecule has 0 aliphatic carbocycles. The number of amides is 2. The fourth-order valence-corrected chi connectivity index (χ4v) is 0.993. The average molecular weight is 221 g/mol. The van der Waals surface area contributed by atoms with Crippen LogP contribution in [0.15, 0.2) is 0 Å². The molecule has 0 atom stereocenters. The SMILES string of the molecule is CCCCCNC(=O)C(=O)NCCCl. The minimum atomic E-state index is -0.609. The third-order valence-electron chi connectivity index (χ3n) is 1.65. The van der Waals surface area contributed by atoms with Crippen molar-refractivity contribution in [3.05, 3.63) is 0 Å². The molecule has 0 fully saturated rings. The van der Waals surface area contributed by atoms with Gasteiger partial charge in [-0.25, -0.2) is 0 Å². The van der Waals surface area contributed by atoms with Gasteiger partial charge in [-0.15, -0.1) is 11.6 Å². The van der Waals surface area contributed by atoms with Crippen molar-refractivity contribution in [2.24, 2.45) is 0 Å². The number of halogens is 1. The first-order valence-corrected chi connectivity index (χ1v) is 5.37. The van der Waals surface area contributed by atoms with Crippen LogP contribution in [0.2, 0.25) is 0 Å². The van der Waals surface area contributed by atoms with Gasteiger partial charge in [0.2, 0.25) is 0 Å². The lowest BCUT2D eigenvalue weighted by atomic mass is 10.2. The minimum absolute atomic E-state index is 0.314. The Kier molecular flexibility index (Phi) is 8.33. The van der Waals surface area contributed by atoms with E-state index in [4.69, 9.17) is 11.6 Å². The topological polar surface area (TPSA) is 58.2 Å². The molecule has 0 unspecified atom stereocenters. The van der Waals surface area contributed by atoms with E-state index in [1.165, 1.54) is 0 Å². The second-order valence-corrected chi connectivity index (χ2v) is 3.29. The Bertz CT molecular complexity index is 186. The van der Waals surface area contributed by atoms with Gasteiger partial charge in [0.1, 0.15) is 0 Å². The summed E-state index contributed by atoms with van der Waals surface area (Å²) in [5.41, 5.74) is 0. The summed E-state index contributed by atoms with van der Waals surface area (Å²) in [6.45, 7) is 2.96. The standard InChI is InChI=1S/C9H17ClN2O2/c1-2-3-4-6-11-8(13)9(14)12-7-5-10/h2-7H2,1H3,(H,11,13)(H,12,14). The molecule has 0 bridgehead atoms.